The van der Waals surface area contributed by atoms with Gasteiger partial charge in [0.1, 0.15) is 0 Å². The molecule has 30 heavy (non-hydrogen) atoms. The van der Waals surface area contributed by atoms with Gasteiger partial charge in [-0.05, 0) is 41.8 Å². The first-order valence-corrected chi connectivity index (χ1v) is 10.7. The van der Waals surface area contributed by atoms with Gasteiger partial charge in [-0.25, -0.2) is 0 Å². The molecule has 2 heterocycles. The quantitative estimate of drug-likeness (QED) is 0.796. The summed E-state index contributed by atoms with van der Waals surface area (Å²) >= 11 is 6.47. The van der Waals surface area contributed by atoms with Gasteiger partial charge in [-0.3, -0.25) is 14.5 Å². The van der Waals surface area contributed by atoms with Gasteiger partial charge in [0, 0.05) is 49.4 Å². The molecule has 0 aliphatic carbocycles. The average molecular weight is 428 g/mol. The molecule has 7 heteroatoms. The highest BCUT2D eigenvalue weighted by Gasteiger charge is 2.26. The number of hydrogen-bond acceptors (Lipinski definition) is 4. The lowest BCUT2D eigenvalue weighted by atomic mass is 10.0. The Morgan fingerprint density at radius 1 is 1.13 bits per heavy atom. The number of anilines is 1. The monoisotopic (exact) mass is 427 g/mol. The van der Waals surface area contributed by atoms with Crippen LogP contribution in [-0.4, -0.2) is 56.1 Å². The van der Waals surface area contributed by atoms with E-state index in [1.54, 1.807) is 17.9 Å². The van der Waals surface area contributed by atoms with Crippen molar-refractivity contribution in [3.05, 3.63) is 64.2 Å². The Kier molecular flexibility index (Phi) is 6.37. The number of rotatable bonds is 5. The van der Waals surface area contributed by atoms with Crippen LogP contribution in [0.1, 0.15) is 34.5 Å². The van der Waals surface area contributed by atoms with Crippen molar-refractivity contribution in [2.75, 3.05) is 44.3 Å². The molecular weight excluding hydrogens is 402 g/mol. The summed E-state index contributed by atoms with van der Waals surface area (Å²) in [5, 5.41) is 3.79. The lowest BCUT2D eigenvalue weighted by Gasteiger charge is -2.35. The standard InChI is InChI=1S/C23H26ClN3O3/c1-16(28)27-9-8-17-14-18(6-7-21(17)27)23(29)25-15-22(26-10-12-30-13-11-26)19-4-2-3-5-20(19)24/h2-7,14,22H,8-13,15H2,1H3,(H,25,29)/t22-/m1/s1. The number of carbonyl (C=O) groups is 2. The van der Waals surface area contributed by atoms with Gasteiger partial charge in [-0.15, -0.1) is 0 Å². The number of nitrogens with zero attached hydrogens (tertiary/aromatic N) is 2. The average Bonchev–Trinajstić information content (AvgIpc) is 3.19. The minimum atomic E-state index is -0.121. The van der Waals surface area contributed by atoms with Crippen LogP contribution >= 0.6 is 11.6 Å². The van der Waals surface area contributed by atoms with Crippen molar-refractivity contribution in [2.45, 2.75) is 19.4 Å². The molecule has 4 rings (SSSR count). The minimum Gasteiger partial charge on any atom is -0.379 e. The first kappa shape index (κ1) is 20.8. The van der Waals surface area contributed by atoms with E-state index in [1.165, 1.54) is 0 Å². The zero-order chi connectivity index (χ0) is 21.1. The predicted octanol–water partition coefficient (Wildman–Crippen LogP) is 3.05. The molecule has 2 aromatic rings. The van der Waals surface area contributed by atoms with Crippen molar-refractivity contribution >= 4 is 29.1 Å². The molecule has 158 valence electrons. The molecule has 0 bridgehead atoms. The van der Waals surface area contributed by atoms with Gasteiger partial charge in [0.05, 0.1) is 19.3 Å². The van der Waals surface area contributed by atoms with Gasteiger partial charge < -0.3 is 15.0 Å². The fourth-order valence-electron chi connectivity index (χ4n) is 4.23. The molecule has 0 saturated carbocycles. The number of halogens is 1. The number of carbonyl (C=O) groups excluding carboxylic acids is 2. The third-order valence-corrected chi connectivity index (χ3v) is 6.17. The van der Waals surface area contributed by atoms with Crippen LogP contribution in [0.25, 0.3) is 0 Å². The number of ether oxygens (including phenoxy) is 1. The molecule has 2 aliphatic rings. The third kappa shape index (κ3) is 4.36. The van der Waals surface area contributed by atoms with Gasteiger partial charge >= 0.3 is 0 Å². The molecule has 1 saturated heterocycles. The molecule has 0 aromatic heterocycles. The largest absolute Gasteiger partial charge is 0.379 e. The van der Waals surface area contributed by atoms with E-state index in [0.29, 0.717) is 36.9 Å². The number of nitrogens with one attached hydrogen (secondary N) is 1. The Bertz CT molecular complexity index is 943. The highest BCUT2D eigenvalue weighted by Crippen LogP contribution is 2.30. The second-order valence-electron chi connectivity index (χ2n) is 7.66. The van der Waals surface area contributed by atoms with Crippen molar-refractivity contribution in [2.24, 2.45) is 0 Å². The van der Waals surface area contributed by atoms with Crippen molar-refractivity contribution in [3.8, 4) is 0 Å². The van der Waals surface area contributed by atoms with E-state index in [2.05, 4.69) is 10.2 Å². The molecule has 6 nitrogen and oxygen atoms in total. The molecule has 2 aromatic carbocycles. The van der Waals surface area contributed by atoms with E-state index in [4.69, 9.17) is 16.3 Å². The first-order chi connectivity index (χ1) is 14.5. The zero-order valence-corrected chi connectivity index (χ0v) is 17.8. The van der Waals surface area contributed by atoms with E-state index in [1.807, 2.05) is 36.4 Å². The highest BCUT2D eigenvalue weighted by molar-refractivity contribution is 6.31. The molecule has 2 aliphatic heterocycles. The SMILES string of the molecule is CC(=O)N1CCc2cc(C(=O)NC[C@H](c3ccccc3Cl)N3CCOCC3)ccc21. The van der Waals surface area contributed by atoms with Gasteiger partial charge in [-0.1, -0.05) is 29.8 Å². The summed E-state index contributed by atoms with van der Waals surface area (Å²) < 4.78 is 5.49. The van der Waals surface area contributed by atoms with E-state index in [9.17, 15) is 9.59 Å². The number of benzene rings is 2. The highest BCUT2D eigenvalue weighted by atomic mass is 35.5. The first-order valence-electron chi connectivity index (χ1n) is 10.3. The molecule has 2 amide bonds. The van der Waals surface area contributed by atoms with Gasteiger partial charge in [0.15, 0.2) is 0 Å². The summed E-state index contributed by atoms with van der Waals surface area (Å²) in [6.07, 6.45) is 0.770. The van der Waals surface area contributed by atoms with Crippen LogP contribution in [0.15, 0.2) is 42.5 Å². The van der Waals surface area contributed by atoms with Crippen LogP contribution < -0.4 is 10.2 Å². The fourth-order valence-corrected chi connectivity index (χ4v) is 4.49. The van der Waals surface area contributed by atoms with E-state index in [-0.39, 0.29) is 17.9 Å². The van der Waals surface area contributed by atoms with Crippen LogP contribution in [0.4, 0.5) is 5.69 Å². The molecule has 1 atom stereocenters. The zero-order valence-electron chi connectivity index (χ0n) is 17.1. The maximum atomic E-state index is 12.9. The number of amides is 2. The lowest BCUT2D eigenvalue weighted by molar-refractivity contribution is -0.116. The number of hydrogen-bond donors (Lipinski definition) is 1. The number of morpholine rings is 1. The van der Waals surface area contributed by atoms with Crippen molar-refractivity contribution in [1.82, 2.24) is 10.2 Å². The molecular formula is C23H26ClN3O3. The Balaban J connectivity index is 1.49. The summed E-state index contributed by atoms with van der Waals surface area (Å²) in [5.74, 6) is -0.0940. The fraction of sp³-hybridized carbons (Fsp3) is 0.391. The van der Waals surface area contributed by atoms with Gasteiger partial charge in [0.2, 0.25) is 5.91 Å². The van der Waals surface area contributed by atoms with Crippen LogP contribution in [0.5, 0.6) is 0 Å². The van der Waals surface area contributed by atoms with Crippen molar-refractivity contribution < 1.29 is 14.3 Å². The van der Waals surface area contributed by atoms with Crippen molar-refractivity contribution in [1.29, 1.82) is 0 Å². The molecule has 1 fully saturated rings. The normalized spacial score (nSPS) is 17.5. The summed E-state index contributed by atoms with van der Waals surface area (Å²) in [6, 6.07) is 13.3. The Morgan fingerprint density at radius 2 is 1.90 bits per heavy atom. The number of fused-ring (bicyclic) bond motifs is 1. The molecule has 1 N–H and O–H groups in total. The molecule has 0 unspecified atom stereocenters. The second kappa shape index (κ2) is 9.16. The summed E-state index contributed by atoms with van der Waals surface area (Å²) in [4.78, 5) is 28.7. The van der Waals surface area contributed by atoms with Crippen LogP contribution in [0.2, 0.25) is 5.02 Å². The Labute approximate surface area is 181 Å². The Hall–Kier alpha value is -2.41. The second-order valence-corrected chi connectivity index (χ2v) is 8.07. The third-order valence-electron chi connectivity index (χ3n) is 5.82. The molecule has 0 spiro atoms. The van der Waals surface area contributed by atoms with Crippen LogP contribution in [-0.2, 0) is 16.0 Å². The summed E-state index contributed by atoms with van der Waals surface area (Å²) in [5.41, 5.74) is 3.56. The summed E-state index contributed by atoms with van der Waals surface area (Å²) in [6.45, 7) is 5.63. The summed E-state index contributed by atoms with van der Waals surface area (Å²) in [7, 11) is 0. The predicted molar refractivity (Wildman–Crippen MR) is 117 cm³/mol. The topological polar surface area (TPSA) is 61.9 Å². The minimum absolute atomic E-state index is 0.0193. The van der Waals surface area contributed by atoms with Crippen LogP contribution in [0, 0.1) is 0 Å². The van der Waals surface area contributed by atoms with E-state index in [0.717, 1.165) is 36.3 Å². The van der Waals surface area contributed by atoms with Gasteiger partial charge in [-0.2, -0.15) is 0 Å². The molecule has 0 radical (unpaired) electrons. The van der Waals surface area contributed by atoms with E-state index >= 15 is 0 Å². The smallest absolute Gasteiger partial charge is 0.251 e. The lowest BCUT2D eigenvalue weighted by Crippen LogP contribution is -2.44. The van der Waals surface area contributed by atoms with Gasteiger partial charge in [0.25, 0.3) is 5.91 Å². The maximum absolute atomic E-state index is 12.9. The van der Waals surface area contributed by atoms with Crippen molar-refractivity contribution in [3.63, 3.8) is 0 Å². The Morgan fingerprint density at radius 3 is 2.63 bits per heavy atom. The van der Waals surface area contributed by atoms with Crippen LogP contribution in [0.3, 0.4) is 0 Å². The maximum Gasteiger partial charge on any atom is 0.251 e. The van der Waals surface area contributed by atoms with E-state index < -0.39 is 0 Å².